The summed E-state index contributed by atoms with van der Waals surface area (Å²) in [6, 6.07) is 0.606. The Bertz CT molecular complexity index is 187. The van der Waals surface area contributed by atoms with Crippen LogP contribution in [0, 0.1) is 5.92 Å². The van der Waals surface area contributed by atoms with Gasteiger partial charge in [0, 0.05) is 36.7 Å². The van der Waals surface area contributed by atoms with Crippen LogP contribution in [-0.2, 0) is 0 Å². The highest BCUT2D eigenvalue weighted by atomic mass is 32.2. The number of rotatable bonds is 6. The Morgan fingerprint density at radius 3 is 2.75 bits per heavy atom. The van der Waals surface area contributed by atoms with Crippen molar-refractivity contribution < 1.29 is 0 Å². The molecule has 1 aliphatic rings. The van der Waals surface area contributed by atoms with Gasteiger partial charge in [-0.1, -0.05) is 27.2 Å². The molecule has 0 aromatic heterocycles. The summed E-state index contributed by atoms with van der Waals surface area (Å²) in [5, 5.41) is 0.830. The van der Waals surface area contributed by atoms with Crippen LogP contribution in [0.15, 0.2) is 0 Å². The first-order valence-electron chi connectivity index (χ1n) is 6.78. The van der Waals surface area contributed by atoms with E-state index in [0.717, 1.165) is 17.7 Å². The Hall–Kier alpha value is 0.270. The van der Waals surface area contributed by atoms with Crippen LogP contribution < -0.4 is 5.73 Å². The summed E-state index contributed by atoms with van der Waals surface area (Å²) < 4.78 is 0. The summed E-state index contributed by atoms with van der Waals surface area (Å²) in [6.45, 7) is 10.2. The molecule has 0 bridgehead atoms. The van der Waals surface area contributed by atoms with Gasteiger partial charge in [0.25, 0.3) is 0 Å². The number of nitrogens with zero attached hydrogens (tertiary/aromatic N) is 1. The molecule has 16 heavy (non-hydrogen) atoms. The van der Waals surface area contributed by atoms with Crippen LogP contribution in [0.4, 0.5) is 0 Å². The second-order valence-electron chi connectivity index (χ2n) is 4.96. The van der Waals surface area contributed by atoms with Crippen LogP contribution in [0.3, 0.4) is 0 Å². The Balaban J connectivity index is 2.50. The van der Waals surface area contributed by atoms with E-state index in [2.05, 4.69) is 37.4 Å². The second-order valence-corrected chi connectivity index (χ2v) is 6.37. The molecule has 1 saturated heterocycles. The van der Waals surface area contributed by atoms with E-state index in [4.69, 9.17) is 5.73 Å². The van der Waals surface area contributed by atoms with Crippen molar-refractivity contribution in [3.8, 4) is 0 Å². The van der Waals surface area contributed by atoms with Crippen molar-refractivity contribution in [1.82, 2.24) is 4.90 Å². The van der Waals surface area contributed by atoms with E-state index in [1.165, 1.54) is 38.1 Å². The Labute approximate surface area is 105 Å². The zero-order chi connectivity index (χ0) is 12.0. The van der Waals surface area contributed by atoms with Gasteiger partial charge in [-0.05, 0) is 18.8 Å². The third-order valence-corrected chi connectivity index (χ3v) is 5.11. The molecule has 1 aliphatic heterocycles. The fourth-order valence-corrected chi connectivity index (χ4v) is 3.89. The molecule has 0 radical (unpaired) electrons. The van der Waals surface area contributed by atoms with Crippen molar-refractivity contribution in [3.05, 3.63) is 0 Å². The lowest BCUT2D eigenvalue weighted by molar-refractivity contribution is 0.151. The quantitative estimate of drug-likeness (QED) is 0.779. The highest BCUT2D eigenvalue weighted by Crippen LogP contribution is 2.25. The van der Waals surface area contributed by atoms with E-state index in [1.807, 2.05) is 0 Å². The molecular formula is C13H28N2S. The van der Waals surface area contributed by atoms with E-state index in [0.29, 0.717) is 6.04 Å². The molecular weight excluding hydrogens is 216 g/mol. The summed E-state index contributed by atoms with van der Waals surface area (Å²) in [4.78, 5) is 2.64. The average Bonchev–Trinajstić information content (AvgIpc) is 2.31. The highest BCUT2D eigenvalue weighted by Gasteiger charge is 2.27. The third kappa shape index (κ3) is 3.94. The van der Waals surface area contributed by atoms with Crippen LogP contribution >= 0.6 is 11.8 Å². The molecule has 96 valence electrons. The van der Waals surface area contributed by atoms with Gasteiger partial charge < -0.3 is 5.73 Å². The van der Waals surface area contributed by atoms with Crippen molar-refractivity contribution in [3.63, 3.8) is 0 Å². The molecule has 3 unspecified atom stereocenters. The van der Waals surface area contributed by atoms with E-state index in [1.54, 1.807) is 0 Å². The largest absolute Gasteiger partial charge is 0.329 e. The molecule has 0 aromatic carbocycles. The Kier molecular flexibility index (Phi) is 6.78. The molecule has 0 aliphatic carbocycles. The molecule has 1 heterocycles. The summed E-state index contributed by atoms with van der Waals surface area (Å²) >= 11 is 2.14. The average molecular weight is 244 g/mol. The number of nitrogens with two attached hydrogens (primary N) is 1. The van der Waals surface area contributed by atoms with Crippen LogP contribution in [0.25, 0.3) is 0 Å². The molecule has 2 N–H and O–H groups in total. The van der Waals surface area contributed by atoms with E-state index >= 15 is 0 Å². The molecule has 0 saturated carbocycles. The lowest BCUT2D eigenvalue weighted by atomic mass is 9.95. The van der Waals surface area contributed by atoms with E-state index in [-0.39, 0.29) is 0 Å². The summed E-state index contributed by atoms with van der Waals surface area (Å²) in [6.07, 6.45) is 3.88. The lowest BCUT2D eigenvalue weighted by Crippen LogP contribution is -2.50. The summed E-state index contributed by atoms with van der Waals surface area (Å²) in [5.74, 6) is 2.03. The molecule has 3 atom stereocenters. The number of hydrogen-bond acceptors (Lipinski definition) is 3. The molecule has 3 heteroatoms. The predicted molar refractivity (Wildman–Crippen MR) is 75.0 cm³/mol. The smallest absolute Gasteiger partial charge is 0.0244 e. The molecule has 0 spiro atoms. The van der Waals surface area contributed by atoms with Gasteiger partial charge in [0.1, 0.15) is 0 Å². The van der Waals surface area contributed by atoms with Crippen molar-refractivity contribution in [2.24, 2.45) is 11.7 Å². The minimum Gasteiger partial charge on any atom is -0.329 e. The van der Waals surface area contributed by atoms with E-state index < -0.39 is 0 Å². The first kappa shape index (κ1) is 14.3. The Morgan fingerprint density at radius 2 is 2.19 bits per heavy atom. The topological polar surface area (TPSA) is 29.3 Å². The van der Waals surface area contributed by atoms with Gasteiger partial charge in [0.15, 0.2) is 0 Å². The Morgan fingerprint density at radius 1 is 1.44 bits per heavy atom. The monoisotopic (exact) mass is 244 g/mol. The number of thioether (sulfide) groups is 1. The molecule has 1 fully saturated rings. The third-order valence-electron chi connectivity index (χ3n) is 3.74. The van der Waals surface area contributed by atoms with Gasteiger partial charge in [0.05, 0.1) is 0 Å². The molecule has 0 aromatic rings. The van der Waals surface area contributed by atoms with Gasteiger partial charge in [-0.2, -0.15) is 11.8 Å². The normalized spacial score (nSPS) is 26.6. The van der Waals surface area contributed by atoms with Crippen LogP contribution in [0.5, 0.6) is 0 Å². The first-order chi connectivity index (χ1) is 7.72. The predicted octanol–water partition coefficient (Wildman–Crippen LogP) is 2.58. The van der Waals surface area contributed by atoms with Crippen LogP contribution in [-0.4, -0.2) is 41.6 Å². The second kappa shape index (κ2) is 7.57. The first-order valence-corrected chi connectivity index (χ1v) is 7.83. The fraction of sp³-hybridized carbons (Fsp3) is 1.00. The fourth-order valence-electron chi connectivity index (χ4n) is 2.68. The molecule has 0 amide bonds. The van der Waals surface area contributed by atoms with E-state index in [9.17, 15) is 0 Å². The van der Waals surface area contributed by atoms with Gasteiger partial charge >= 0.3 is 0 Å². The van der Waals surface area contributed by atoms with Crippen LogP contribution in [0.2, 0.25) is 0 Å². The zero-order valence-electron chi connectivity index (χ0n) is 11.1. The van der Waals surface area contributed by atoms with Crippen LogP contribution in [0.1, 0.15) is 40.0 Å². The minimum atomic E-state index is 0.606. The highest BCUT2D eigenvalue weighted by molar-refractivity contribution is 8.00. The van der Waals surface area contributed by atoms with Gasteiger partial charge in [-0.25, -0.2) is 0 Å². The zero-order valence-corrected chi connectivity index (χ0v) is 11.9. The van der Waals surface area contributed by atoms with Gasteiger partial charge in [0.2, 0.25) is 0 Å². The summed E-state index contributed by atoms with van der Waals surface area (Å²) in [7, 11) is 0. The maximum atomic E-state index is 5.97. The van der Waals surface area contributed by atoms with Crippen molar-refractivity contribution in [1.29, 1.82) is 0 Å². The van der Waals surface area contributed by atoms with Crippen molar-refractivity contribution >= 4 is 11.8 Å². The summed E-state index contributed by atoms with van der Waals surface area (Å²) in [5.41, 5.74) is 5.97. The van der Waals surface area contributed by atoms with Crippen molar-refractivity contribution in [2.45, 2.75) is 51.3 Å². The van der Waals surface area contributed by atoms with Crippen molar-refractivity contribution in [2.75, 3.05) is 25.4 Å². The maximum Gasteiger partial charge on any atom is 0.0244 e. The van der Waals surface area contributed by atoms with Gasteiger partial charge in [-0.15, -0.1) is 0 Å². The molecule has 1 rings (SSSR count). The molecule has 2 nitrogen and oxygen atoms in total. The SMILES string of the molecule is CCCC(C)C(CN)N1CCSC(CC)C1. The maximum absolute atomic E-state index is 5.97. The number of hydrogen-bond donors (Lipinski definition) is 1. The lowest BCUT2D eigenvalue weighted by Gasteiger charge is -2.40. The van der Waals surface area contributed by atoms with Gasteiger partial charge in [-0.3, -0.25) is 4.90 Å². The minimum absolute atomic E-state index is 0.606. The standard InChI is InChI=1S/C13H28N2S/c1-4-6-11(3)13(9-14)15-7-8-16-12(5-2)10-15/h11-13H,4-10,14H2,1-3H3.